The summed E-state index contributed by atoms with van der Waals surface area (Å²) in [5, 5.41) is 8.72. The maximum Gasteiger partial charge on any atom is 0.175 e. The van der Waals surface area contributed by atoms with E-state index < -0.39 is 6.04 Å². The zero-order valence-electron chi connectivity index (χ0n) is 7.87. The Labute approximate surface area is 95.7 Å². The van der Waals surface area contributed by atoms with Gasteiger partial charge in [-0.2, -0.15) is 5.26 Å². The minimum absolute atomic E-state index is 0.519. The monoisotopic (exact) mass is 268 g/mol. The Morgan fingerprint density at radius 2 is 2.13 bits per heavy atom. The fraction of sp³-hybridized carbons (Fsp3) is 0.300. The summed E-state index contributed by atoms with van der Waals surface area (Å²) in [6, 6.07) is 4.86. The highest BCUT2D eigenvalue weighted by molar-refractivity contribution is 9.10. The zero-order chi connectivity index (χ0) is 10.8. The smallest absolute Gasteiger partial charge is 0.175 e. The first kappa shape index (κ1) is 10.3. The lowest BCUT2D eigenvalue weighted by Gasteiger charge is -2.20. The number of hydrogen-bond acceptors (Lipinski definition) is 4. The summed E-state index contributed by atoms with van der Waals surface area (Å²) in [6.45, 7) is 1.06. The molecule has 2 rings (SSSR count). The molecule has 0 radical (unpaired) electrons. The molecule has 4 nitrogen and oxygen atoms in total. The second kappa shape index (κ2) is 4.09. The van der Waals surface area contributed by atoms with Crippen molar-refractivity contribution in [1.82, 2.24) is 0 Å². The van der Waals surface area contributed by atoms with Crippen LogP contribution in [-0.2, 0) is 0 Å². The summed E-state index contributed by atoms with van der Waals surface area (Å²) in [7, 11) is 0. The van der Waals surface area contributed by atoms with Gasteiger partial charge >= 0.3 is 0 Å². The van der Waals surface area contributed by atoms with E-state index in [0.717, 1.165) is 4.47 Å². The standard InChI is InChI=1S/C10H9BrN2O2/c11-7-3-6(8(13)5-12)4-9-10(7)15-2-1-14-9/h3-4,8H,1-2,13H2. The first-order valence-corrected chi connectivity index (χ1v) is 5.26. The second-order valence-corrected chi connectivity index (χ2v) is 3.99. The highest BCUT2D eigenvalue weighted by Crippen LogP contribution is 2.39. The molecule has 78 valence electrons. The number of rotatable bonds is 1. The third kappa shape index (κ3) is 1.91. The van der Waals surface area contributed by atoms with Crippen molar-refractivity contribution in [1.29, 1.82) is 5.26 Å². The summed E-state index contributed by atoms with van der Waals surface area (Å²) >= 11 is 3.36. The molecule has 0 aromatic heterocycles. The summed E-state index contributed by atoms with van der Waals surface area (Å²) in [5.41, 5.74) is 6.33. The largest absolute Gasteiger partial charge is 0.486 e. The SMILES string of the molecule is N#CC(N)c1cc(Br)c2c(c1)OCCO2. The van der Waals surface area contributed by atoms with Gasteiger partial charge in [0.2, 0.25) is 0 Å². The number of fused-ring (bicyclic) bond motifs is 1. The molecule has 1 aromatic carbocycles. The summed E-state index contributed by atoms with van der Waals surface area (Å²) in [4.78, 5) is 0. The number of nitrogens with two attached hydrogens (primary N) is 1. The Bertz CT molecular complexity index is 428. The predicted molar refractivity (Wildman–Crippen MR) is 57.7 cm³/mol. The van der Waals surface area contributed by atoms with Gasteiger partial charge in [0.15, 0.2) is 11.5 Å². The molecule has 0 aliphatic carbocycles. The third-order valence-corrected chi connectivity index (χ3v) is 2.71. The van der Waals surface area contributed by atoms with E-state index >= 15 is 0 Å². The molecular formula is C10H9BrN2O2. The number of halogens is 1. The average Bonchev–Trinajstić information content (AvgIpc) is 2.28. The van der Waals surface area contributed by atoms with E-state index in [4.69, 9.17) is 20.5 Å². The summed E-state index contributed by atoms with van der Waals surface area (Å²) in [5.74, 6) is 1.31. The van der Waals surface area contributed by atoms with Crippen LogP contribution in [-0.4, -0.2) is 13.2 Å². The van der Waals surface area contributed by atoms with Crippen LogP contribution in [0.2, 0.25) is 0 Å². The van der Waals surface area contributed by atoms with Crippen LogP contribution >= 0.6 is 15.9 Å². The lowest BCUT2D eigenvalue weighted by atomic mass is 10.1. The molecule has 2 N–H and O–H groups in total. The number of nitriles is 1. The van der Waals surface area contributed by atoms with Gasteiger partial charge in [0.1, 0.15) is 19.3 Å². The van der Waals surface area contributed by atoms with Gasteiger partial charge in [-0.3, -0.25) is 0 Å². The van der Waals surface area contributed by atoms with Gasteiger partial charge in [-0.15, -0.1) is 0 Å². The van der Waals surface area contributed by atoms with E-state index in [1.165, 1.54) is 0 Å². The lowest BCUT2D eigenvalue weighted by Crippen LogP contribution is -2.17. The van der Waals surface area contributed by atoms with Crippen LogP contribution in [0.3, 0.4) is 0 Å². The molecular weight excluding hydrogens is 260 g/mol. The van der Waals surface area contributed by atoms with Crippen LogP contribution in [0.15, 0.2) is 16.6 Å². The van der Waals surface area contributed by atoms with E-state index in [2.05, 4.69) is 15.9 Å². The van der Waals surface area contributed by atoms with Crippen molar-refractivity contribution < 1.29 is 9.47 Å². The van der Waals surface area contributed by atoms with E-state index in [9.17, 15) is 0 Å². The van der Waals surface area contributed by atoms with Crippen molar-refractivity contribution in [3.63, 3.8) is 0 Å². The van der Waals surface area contributed by atoms with Crippen LogP contribution in [0.5, 0.6) is 11.5 Å². The number of nitrogens with zero attached hydrogens (tertiary/aromatic N) is 1. The molecule has 0 amide bonds. The van der Waals surface area contributed by atoms with Crippen molar-refractivity contribution in [2.45, 2.75) is 6.04 Å². The molecule has 1 unspecified atom stereocenters. The van der Waals surface area contributed by atoms with Crippen molar-refractivity contribution in [3.8, 4) is 17.6 Å². The quantitative estimate of drug-likeness (QED) is 0.843. The molecule has 0 fully saturated rings. The highest BCUT2D eigenvalue weighted by atomic mass is 79.9. The third-order valence-electron chi connectivity index (χ3n) is 2.12. The molecule has 1 aliphatic heterocycles. The average molecular weight is 269 g/mol. The van der Waals surface area contributed by atoms with E-state index in [1.54, 1.807) is 12.1 Å². The summed E-state index contributed by atoms with van der Waals surface area (Å²) in [6.07, 6.45) is 0. The predicted octanol–water partition coefficient (Wildman–Crippen LogP) is 1.74. The molecule has 0 spiro atoms. The van der Waals surface area contributed by atoms with Gasteiger partial charge in [-0.25, -0.2) is 0 Å². The molecule has 1 heterocycles. The summed E-state index contributed by atoms with van der Waals surface area (Å²) < 4.78 is 11.6. The van der Waals surface area contributed by atoms with Crippen LogP contribution in [0, 0.1) is 11.3 Å². The van der Waals surface area contributed by atoms with Gasteiger partial charge in [0.25, 0.3) is 0 Å². The first-order valence-electron chi connectivity index (χ1n) is 4.46. The minimum atomic E-state index is -0.642. The normalized spacial score (nSPS) is 15.5. The van der Waals surface area contributed by atoms with Crippen LogP contribution < -0.4 is 15.2 Å². The maximum atomic E-state index is 8.72. The Hall–Kier alpha value is -1.25. The van der Waals surface area contributed by atoms with E-state index in [1.807, 2.05) is 6.07 Å². The van der Waals surface area contributed by atoms with Crippen molar-refractivity contribution in [2.75, 3.05) is 13.2 Å². The van der Waals surface area contributed by atoms with Gasteiger partial charge in [0.05, 0.1) is 10.5 Å². The van der Waals surface area contributed by atoms with Crippen molar-refractivity contribution >= 4 is 15.9 Å². The van der Waals surface area contributed by atoms with Crippen LogP contribution in [0.4, 0.5) is 0 Å². The van der Waals surface area contributed by atoms with Crippen molar-refractivity contribution in [2.24, 2.45) is 5.73 Å². The topological polar surface area (TPSA) is 68.3 Å². The molecule has 0 bridgehead atoms. The Morgan fingerprint density at radius 3 is 2.87 bits per heavy atom. The number of ether oxygens (including phenoxy) is 2. The van der Waals surface area contributed by atoms with Gasteiger partial charge < -0.3 is 15.2 Å². The Balaban J connectivity index is 2.46. The molecule has 1 atom stereocenters. The molecule has 0 saturated heterocycles. The molecule has 1 aliphatic rings. The first-order chi connectivity index (χ1) is 7.22. The molecule has 5 heteroatoms. The minimum Gasteiger partial charge on any atom is -0.486 e. The van der Waals surface area contributed by atoms with E-state index in [0.29, 0.717) is 30.3 Å². The van der Waals surface area contributed by atoms with Gasteiger partial charge in [0, 0.05) is 0 Å². The van der Waals surface area contributed by atoms with Crippen molar-refractivity contribution in [3.05, 3.63) is 22.2 Å². The fourth-order valence-corrected chi connectivity index (χ4v) is 1.96. The fourth-order valence-electron chi connectivity index (χ4n) is 1.38. The van der Waals surface area contributed by atoms with Crippen LogP contribution in [0.25, 0.3) is 0 Å². The molecule has 0 saturated carbocycles. The molecule has 1 aromatic rings. The van der Waals surface area contributed by atoms with Crippen LogP contribution in [0.1, 0.15) is 11.6 Å². The van der Waals surface area contributed by atoms with Gasteiger partial charge in [-0.1, -0.05) is 0 Å². The zero-order valence-corrected chi connectivity index (χ0v) is 9.45. The molecule has 15 heavy (non-hydrogen) atoms. The number of hydrogen-bond donors (Lipinski definition) is 1. The Morgan fingerprint density at radius 1 is 1.40 bits per heavy atom. The maximum absolute atomic E-state index is 8.72. The Kier molecular flexibility index (Phi) is 2.80. The highest BCUT2D eigenvalue weighted by Gasteiger charge is 2.18. The van der Waals surface area contributed by atoms with Gasteiger partial charge in [-0.05, 0) is 33.6 Å². The number of benzene rings is 1. The second-order valence-electron chi connectivity index (χ2n) is 3.13. The lowest BCUT2D eigenvalue weighted by molar-refractivity contribution is 0.170. The van der Waals surface area contributed by atoms with E-state index in [-0.39, 0.29) is 0 Å².